The fourth-order valence-electron chi connectivity index (χ4n) is 5.64. The molecule has 1 N–H and O–H groups in total. The van der Waals surface area contributed by atoms with Crippen molar-refractivity contribution >= 4 is 26.9 Å². The van der Waals surface area contributed by atoms with E-state index in [1.54, 1.807) is 10.6 Å². The largest absolute Gasteiger partial charge is 0.356 e. The summed E-state index contributed by atoms with van der Waals surface area (Å²) in [6.45, 7) is 3.17. The molecule has 3 aromatic heterocycles. The van der Waals surface area contributed by atoms with Crippen molar-refractivity contribution in [2.75, 3.05) is 30.8 Å². The molecule has 0 aromatic carbocycles. The lowest BCUT2D eigenvalue weighted by atomic mass is 9.86. The molecule has 1 saturated heterocycles. The van der Waals surface area contributed by atoms with Crippen LogP contribution in [0.2, 0.25) is 0 Å². The van der Waals surface area contributed by atoms with Crippen LogP contribution in [-0.2, 0) is 16.4 Å². The average Bonchev–Trinajstić information content (AvgIpc) is 3.35. The molecule has 0 bridgehead atoms. The summed E-state index contributed by atoms with van der Waals surface area (Å²) >= 11 is 0. The molecular formula is C25H35N7O2S. The summed E-state index contributed by atoms with van der Waals surface area (Å²) < 4.78 is 28.1. The number of fused-ring (bicyclic) bond motifs is 1. The zero-order valence-corrected chi connectivity index (χ0v) is 21.4. The van der Waals surface area contributed by atoms with Crippen LogP contribution in [0.1, 0.15) is 49.9 Å². The van der Waals surface area contributed by atoms with Gasteiger partial charge in [0.05, 0.1) is 22.5 Å². The van der Waals surface area contributed by atoms with Crippen LogP contribution in [0.3, 0.4) is 0 Å². The van der Waals surface area contributed by atoms with Gasteiger partial charge in [0.25, 0.3) is 0 Å². The Kier molecular flexibility index (Phi) is 7.02. The molecule has 0 unspecified atom stereocenters. The Bertz CT molecular complexity index is 1230. The highest BCUT2D eigenvalue weighted by Gasteiger charge is 2.33. The lowest BCUT2D eigenvalue weighted by molar-refractivity contribution is 0.267. The van der Waals surface area contributed by atoms with Gasteiger partial charge in [-0.05, 0) is 81.9 Å². The van der Waals surface area contributed by atoms with Gasteiger partial charge >= 0.3 is 0 Å². The lowest BCUT2D eigenvalue weighted by Crippen LogP contribution is -2.42. The van der Waals surface area contributed by atoms with Gasteiger partial charge in [-0.15, -0.1) is 0 Å². The van der Waals surface area contributed by atoms with Crippen molar-refractivity contribution in [2.45, 2.75) is 57.9 Å². The highest BCUT2D eigenvalue weighted by molar-refractivity contribution is 7.89. The number of nitrogens with zero attached hydrogens (tertiary/aromatic N) is 6. The van der Waals surface area contributed by atoms with Gasteiger partial charge in [0.1, 0.15) is 17.8 Å². The smallest absolute Gasteiger partial charge is 0.214 e. The third-order valence-corrected chi connectivity index (χ3v) is 9.84. The van der Waals surface area contributed by atoms with Gasteiger partial charge in [-0.2, -0.15) is 10.2 Å². The molecular weight excluding hydrogens is 462 g/mol. The number of H-pyrrole nitrogens is 1. The summed E-state index contributed by atoms with van der Waals surface area (Å²) in [5.74, 6) is 1.90. The van der Waals surface area contributed by atoms with Gasteiger partial charge in [-0.25, -0.2) is 22.7 Å². The van der Waals surface area contributed by atoms with Crippen LogP contribution in [0.25, 0.3) is 11.0 Å². The average molecular weight is 498 g/mol. The number of sulfonamides is 1. The Morgan fingerprint density at radius 1 is 1.00 bits per heavy atom. The molecule has 1 aliphatic carbocycles. The van der Waals surface area contributed by atoms with Crippen LogP contribution in [0, 0.1) is 18.8 Å². The Balaban J connectivity index is 1.11. The number of aromatic nitrogens is 5. The number of nitrogens with one attached hydrogen (secondary N) is 1. The maximum atomic E-state index is 13.2. The molecule has 1 aliphatic heterocycles. The van der Waals surface area contributed by atoms with Crippen LogP contribution < -0.4 is 4.90 Å². The van der Waals surface area contributed by atoms with Crippen molar-refractivity contribution in [1.29, 1.82) is 0 Å². The number of hydrogen-bond acceptors (Lipinski definition) is 7. The molecule has 4 heterocycles. The van der Waals surface area contributed by atoms with Crippen molar-refractivity contribution in [3.8, 4) is 0 Å². The monoisotopic (exact) mass is 497 g/mol. The fraction of sp³-hybridized carbons (Fsp3) is 0.600. The zero-order chi connectivity index (χ0) is 24.4. The SMILES string of the molecule is Cc1ccc(CC2CCN(S(=O)(=O)C[C@H]3CC[C@H](N(C)c4ncnc5[nH]ccc45)CC3)CC2)nn1. The predicted molar refractivity (Wildman–Crippen MR) is 137 cm³/mol. The first kappa shape index (κ1) is 24.1. The summed E-state index contributed by atoms with van der Waals surface area (Å²) in [5, 5.41) is 9.44. The molecule has 2 aliphatic rings. The number of hydrogen-bond donors (Lipinski definition) is 1. The summed E-state index contributed by atoms with van der Waals surface area (Å²) in [4.78, 5) is 14.2. The molecule has 2 fully saturated rings. The first-order chi connectivity index (χ1) is 16.9. The minimum atomic E-state index is -3.23. The minimum Gasteiger partial charge on any atom is -0.356 e. The highest BCUT2D eigenvalue weighted by Crippen LogP contribution is 2.33. The summed E-state index contributed by atoms with van der Waals surface area (Å²) in [7, 11) is -1.14. The first-order valence-corrected chi connectivity index (χ1v) is 14.3. The van der Waals surface area contributed by atoms with E-state index in [2.05, 4.69) is 37.1 Å². The molecule has 35 heavy (non-hydrogen) atoms. The van der Waals surface area contributed by atoms with Gasteiger partial charge in [-0.1, -0.05) is 0 Å². The van der Waals surface area contributed by atoms with Crippen LogP contribution in [0.4, 0.5) is 5.82 Å². The van der Waals surface area contributed by atoms with Gasteiger partial charge in [0, 0.05) is 32.4 Å². The molecule has 1 saturated carbocycles. The lowest BCUT2D eigenvalue weighted by Gasteiger charge is -2.36. The molecule has 0 spiro atoms. The molecule has 188 valence electrons. The first-order valence-electron chi connectivity index (χ1n) is 12.7. The third kappa shape index (κ3) is 5.48. The zero-order valence-electron chi connectivity index (χ0n) is 20.6. The van der Waals surface area contributed by atoms with Crippen molar-refractivity contribution in [3.63, 3.8) is 0 Å². The normalized spacial score (nSPS) is 22.5. The maximum absolute atomic E-state index is 13.2. The van der Waals surface area contributed by atoms with E-state index in [1.807, 2.05) is 31.3 Å². The van der Waals surface area contributed by atoms with Crippen LogP contribution in [0.5, 0.6) is 0 Å². The second kappa shape index (κ2) is 10.2. The molecule has 0 amide bonds. The molecule has 0 radical (unpaired) electrons. The second-order valence-electron chi connectivity index (χ2n) is 10.2. The Labute approximate surface area is 207 Å². The van der Waals surface area contributed by atoms with Crippen LogP contribution >= 0.6 is 0 Å². The second-order valence-corrected chi connectivity index (χ2v) is 12.2. The van der Waals surface area contributed by atoms with E-state index in [9.17, 15) is 8.42 Å². The molecule has 5 rings (SSSR count). The Hall–Kier alpha value is -2.59. The van der Waals surface area contributed by atoms with E-state index in [1.165, 1.54) is 0 Å². The van der Waals surface area contributed by atoms with E-state index < -0.39 is 10.0 Å². The maximum Gasteiger partial charge on any atom is 0.214 e. The topological polar surface area (TPSA) is 108 Å². The van der Waals surface area contributed by atoms with E-state index in [-0.39, 0.29) is 11.7 Å². The Morgan fingerprint density at radius 2 is 1.77 bits per heavy atom. The molecule has 10 heteroatoms. The Morgan fingerprint density at radius 3 is 2.49 bits per heavy atom. The van der Waals surface area contributed by atoms with Crippen LogP contribution in [-0.4, -0.2) is 69.8 Å². The fourth-order valence-corrected chi connectivity index (χ4v) is 7.54. The van der Waals surface area contributed by atoms with E-state index in [0.717, 1.165) is 73.2 Å². The van der Waals surface area contributed by atoms with Gasteiger partial charge in [0.15, 0.2) is 0 Å². The highest BCUT2D eigenvalue weighted by atomic mass is 32.2. The molecule has 0 atom stereocenters. The summed E-state index contributed by atoms with van der Waals surface area (Å²) in [6.07, 6.45) is 9.95. The molecule has 3 aromatic rings. The van der Waals surface area contributed by atoms with Gasteiger partial charge in [0.2, 0.25) is 10.0 Å². The van der Waals surface area contributed by atoms with Gasteiger partial charge in [-0.3, -0.25) is 0 Å². The molecule has 9 nitrogen and oxygen atoms in total. The van der Waals surface area contributed by atoms with Crippen LogP contribution in [0.15, 0.2) is 30.7 Å². The predicted octanol–water partition coefficient (Wildman–Crippen LogP) is 3.34. The number of aromatic amines is 1. The van der Waals surface area contributed by atoms with E-state index in [4.69, 9.17) is 0 Å². The van der Waals surface area contributed by atoms with Crippen molar-refractivity contribution in [1.82, 2.24) is 29.5 Å². The summed E-state index contributed by atoms with van der Waals surface area (Å²) in [5.41, 5.74) is 2.76. The number of piperidine rings is 1. The van der Waals surface area contributed by atoms with Crippen molar-refractivity contribution in [2.24, 2.45) is 11.8 Å². The van der Waals surface area contributed by atoms with E-state index in [0.29, 0.717) is 25.0 Å². The van der Waals surface area contributed by atoms with Crippen molar-refractivity contribution in [3.05, 3.63) is 42.1 Å². The number of aryl methyl sites for hydroxylation is 1. The third-order valence-electron chi connectivity index (χ3n) is 7.80. The number of anilines is 1. The summed E-state index contributed by atoms with van der Waals surface area (Å²) in [6, 6.07) is 6.40. The minimum absolute atomic E-state index is 0.225. The quantitative estimate of drug-likeness (QED) is 0.533. The van der Waals surface area contributed by atoms with Gasteiger partial charge < -0.3 is 9.88 Å². The number of rotatable bonds is 7. The van der Waals surface area contributed by atoms with Crippen molar-refractivity contribution < 1.29 is 8.42 Å². The van der Waals surface area contributed by atoms with E-state index >= 15 is 0 Å². The standard InChI is InChI=1S/C25H35N7O2S/c1-18-3-6-21(30-29-18)15-19-10-13-32(14-11-19)35(33,34)16-20-4-7-22(8-5-20)31(2)25-23-9-12-26-24(23)27-17-28-25/h3,6,9,12,17,19-20,22H,4-5,7-8,10-11,13-16H2,1-2H3,(H,26,27,28)/t20-,22-.